The second-order valence-corrected chi connectivity index (χ2v) is 5.20. The van der Waals surface area contributed by atoms with Gasteiger partial charge in [-0.05, 0) is 31.7 Å². The molecule has 2 amide bonds. The average molecular weight is 312 g/mol. The summed E-state index contributed by atoms with van der Waals surface area (Å²) >= 11 is 5.33. The molecule has 1 aliphatic carbocycles. The van der Waals surface area contributed by atoms with Gasteiger partial charge in [0.05, 0.1) is 0 Å². The van der Waals surface area contributed by atoms with Crippen LogP contribution >= 0.6 is 11.6 Å². The highest BCUT2D eigenvalue weighted by Crippen LogP contribution is 2.27. The smallest absolute Gasteiger partial charge is 0.253 e. The van der Waals surface area contributed by atoms with E-state index in [0.29, 0.717) is 5.88 Å². The number of pyridine rings is 1. The molecule has 1 aromatic rings. The topological polar surface area (TPSA) is 80.3 Å². The van der Waals surface area contributed by atoms with E-state index in [1.54, 1.807) is 6.20 Å². The van der Waals surface area contributed by atoms with Gasteiger partial charge in [-0.25, -0.2) is 4.98 Å². The van der Waals surface area contributed by atoms with Crippen LogP contribution in [0.3, 0.4) is 0 Å². The van der Waals surface area contributed by atoms with Crippen LogP contribution in [0.4, 0.5) is 0 Å². The standard InChI is InChI=1S/C14H18ClN3O3/c15-9-12(19)17-18-14(20)10-4-6-11(7-5-10)21-13-3-1-2-8-16-13/h1-3,8,10-11H,4-7,9H2,(H,17,19)(H,18,20). The quantitative estimate of drug-likeness (QED) is 0.651. The number of nitrogens with one attached hydrogen (secondary N) is 2. The van der Waals surface area contributed by atoms with E-state index in [1.165, 1.54) is 0 Å². The van der Waals surface area contributed by atoms with Crippen LogP contribution < -0.4 is 15.6 Å². The van der Waals surface area contributed by atoms with Crippen molar-refractivity contribution in [2.75, 3.05) is 5.88 Å². The molecule has 1 aromatic heterocycles. The van der Waals surface area contributed by atoms with Gasteiger partial charge in [-0.3, -0.25) is 20.4 Å². The molecule has 114 valence electrons. The van der Waals surface area contributed by atoms with Gasteiger partial charge in [-0.15, -0.1) is 11.6 Å². The molecular weight excluding hydrogens is 294 g/mol. The van der Waals surface area contributed by atoms with Gasteiger partial charge in [0, 0.05) is 18.2 Å². The van der Waals surface area contributed by atoms with Crippen molar-refractivity contribution in [1.82, 2.24) is 15.8 Å². The van der Waals surface area contributed by atoms with Crippen molar-refractivity contribution in [3.63, 3.8) is 0 Å². The zero-order valence-corrected chi connectivity index (χ0v) is 12.3. The summed E-state index contributed by atoms with van der Waals surface area (Å²) in [6, 6.07) is 5.53. The average Bonchev–Trinajstić information content (AvgIpc) is 2.54. The Kier molecular flexibility index (Phi) is 5.80. The molecule has 0 aromatic carbocycles. The number of hydrogen-bond acceptors (Lipinski definition) is 4. The number of aromatic nitrogens is 1. The van der Waals surface area contributed by atoms with Gasteiger partial charge in [-0.2, -0.15) is 0 Å². The number of amides is 2. The lowest BCUT2D eigenvalue weighted by molar-refractivity contribution is -0.131. The molecule has 0 bridgehead atoms. The number of ether oxygens (including phenoxy) is 1. The maximum Gasteiger partial charge on any atom is 0.253 e. The van der Waals surface area contributed by atoms with Crippen LogP contribution in [-0.4, -0.2) is 28.8 Å². The lowest BCUT2D eigenvalue weighted by Gasteiger charge is -2.27. The number of rotatable bonds is 4. The lowest BCUT2D eigenvalue weighted by Crippen LogP contribution is -2.46. The van der Waals surface area contributed by atoms with Crippen LogP contribution in [0.5, 0.6) is 5.88 Å². The third-order valence-electron chi connectivity index (χ3n) is 3.42. The molecule has 21 heavy (non-hydrogen) atoms. The summed E-state index contributed by atoms with van der Waals surface area (Å²) in [5, 5.41) is 0. The Morgan fingerprint density at radius 1 is 1.24 bits per heavy atom. The maximum absolute atomic E-state index is 11.9. The normalized spacial score (nSPS) is 21.4. The first-order valence-corrected chi connectivity index (χ1v) is 7.45. The third-order valence-corrected chi connectivity index (χ3v) is 3.66. The van der Waals surface area contributed by atoms with Crippen LogP contribution in [0.1, 0.15) is 25.7 Å². The van der Waals surface area contributed by atoms with E-state index in [0.717, 1.165) is 25.7 Å². The minimum Gasteiger partial charge on any atom is -0.474 e. The summed E-state index contributed by atoms with van der Waals surface area (Å²) in [5.74, 6) is -0.267. The number of hydrazine groups is 1. The van der Waals surface area contributed by atoms with E-state index in [-0.39, 0.29) is 23.8 Å². The SMILES string of the molecule is O=C(CCl)NNC(=O)C1CCC(Oc2ccccn2)CC1. The van der Waals surface area contributed by atoms with E-state index >= 15 is 0 Å². The number of alkyl halides is 1. The zero-order chi connectivity index (χ0) is 15.1. The van der Waals surface area contributed by atoms with Gasteiger partial charge in [0.15, 0.2) is 0 Å². The monoisotopic (exact) mass is 311 g/mol. The van der Waals surface area contributed by atoms with E-state index < -0.39 is 5.91 Å². The molecule has 0 atom stereocenters. The van der Waals surface area contributed by atoms with E-state index in [9.17, 15) is 9.59 Å². The van der Waals surface area contributed by atoms with Crippen LogP contribution in [-0.2, 0) is 9.59 Å². The van der Waals surface area contributed by atoms with Crippen molar-refractivity contribution in [2.24, 2.45) is 5.92 Å². The molecule has 6 nitrogen and oxygen atoms in total. The first-order chi connectivity index (χ1) is 10.2. The third kappa shape index (κ3) is 4.90. The molecule has 1 fully saturated rings. The highest BCUT2D eigenvalue weighted by atomic mass is 35.5. The molecule has 2 rings (SSSR count). The van der Waals surface area contributed by atoms with Gasteiger partial charge in [0.25, 0.3) is 5.91 Å². The Bertz CT molecular complexity index is 476. The molecule has 7 heteroatoms. The van der Waals surface area contributed by atoms with Gasteiger partial charge < -0.3 is 4.74 Å². The second kappa shape index (κ2) is 7.83. The Labute approximate surface area is 128 Å². The summed E-state index contributed by atoms with van der Waals surface area (Å²) in [6.07, 6.45) is 4.80. The number of nitrogens with zero attached hydrogens (tertiary/aromatic N) is 1. The molecule has 0 spiro atoms. The van der Waals surface area contributed by atoms with Crippen molar-refractivity contribution in [3.05, 3.63) is 24.4 Å². The molecular formula is C14H18ClN3O3. The van der Waals surface area contributed by atoms with Crippen LogP contribution in [0, 0.1) is 5.92 Å². The predicted octanol–water partition coefficient (Wildman–Crippen LogP) is 1.41. The minimum atomic E-state index is -0.419. The number of halogens is 1. The fraction of sp³-hybridized carbons (Fsp3) is 0.500. The fourth-order valence-corrected chi connectivity index (χ4v) is 2.36. The van der Waals surface area contributed by atoms with E-state index in [1.807, 2.05) is 18.2 Å². The van der Waals surface area contributed by atoms with Gasteiger partial charge in [0.1, 0.15) is 12.0 Å². The zero-order valence-electron chi connectivity index (χ0n) is 11.5. The first-order valence-electron chi connectivity index (χ1n) is 6.91. The molecule has 2 N–H and O–H groups in total. The molecule has 1 heterocycles. The Balaban J connectivity index is 1.72. The molecule has 0 unspecified atom stereocenters. The Morgan fingerprint density at radius 3 is 2.62 bits per heavy atom. The lowest BCUT2D eigenvalue weighted by atomic mass is 9.87. The number of carbonyl (C=O) groups is 2. The van der Waals surface area contributed by atoms with Crippen LogP contribution in [0.25, 0.3) is 0 Å². The van der Waals surface area contributed by atoms with Gasteiger partial charge in [0.2, 0.25) is 11.8 Å². The van der Waals surface area contributed by atoms with Crippen molar-refractivity contribution in [2.45, 2.75) is 31.8 Å². The first kappa shape index (κ1) is 15.6. The molecule has 1 saturated carbocycles. The van der Waals surface area contributed by atoms with Crippen molar-refractivity contribution in [1.29, 1.82) is 0 Å². The second-order valence-electron chi connectivity index (χ2n) is 4.93. The molecule has 1 aliphatic rings. The van der Waals surface area contributed by atoms with Crippen LogP contribution in [0.15, 0.2) is 24.4 Å². The molecule has 0 radical (unpaired) electrons. The largest absolute Gasteiger partial charge is 0.474 e. The maximum atomic E-state index is 11.9. The molecule has 0 saturated heterocycles. The van der Waals surface area contributed by atoms with Gasteiger partial charge >= 0.3 is 0 Å². The van der Waals surface area contributed by atoms with Gasteiger partial charge in [-0.1, -0.05) is 6.07 Å². The summed E-state index contributed by atoms with van der Waals surface area (Å²) < 4.78 is 5.77. The highest BCUT2D eigenvalue weighted by Gasteiger charge is 2.27. The summed E-state index contributed by atoms with van der Waals surface area (Å²) in [7, 11) is 0. The number of hydrogen-bond donors (Lipinski definition) is 2. The number of carbonyl (C=O) groups excluding carboxylic acids is 2. The minimum absolute atomic E-state index is 0.0846. The van der Waals surface area contributed by atoms with Crippen molar-refractivity contribution < 1.29 is 14.3 Å². The summed E-state index contributed by atoms with van der Waals surface area (Å²) in [5.41, 5.74) is 4.66. The van der Waals surface area contributed by atoms with E-state index in [2.05, 4.69) is 15.8 Å². The van der Waals surface area contributed by atoms with E-state index in [4.69, 9.17) is 16.3 Å². The Morgan fingerprint density at radius 2 is 2.00 bits per heavy atom. The summed E-state index contributed by atoms with van der Waals surface area (Å²) in [6.45, 7) is 0. The fourth-order valence-electron chi connectivity index (χ4n) is 2.30. The molecule has 0 aliphatic heterocycles. The van der Waals surface area contributed by atoms with Crippen LogP contribution in [0.2, 0.25) is 0 Å². The Hall–Kier alpha value is -1.82. The highest BCUT2D eigenvalue weighted by molar-refractivity contribution is 6.27. The van der Waals surface area contributed by atoms with Crippen molar-refractivity contribution in [3.8, 4) is 5.88 Å². The predicted molar refractivity (Wildman–Crippen MR) is 77.6 cm³/mol. The van der Waals surface area contributed by atoms with Crippen molar-refractivity contribution >= 4 is 23.4 Å². The summed E-state index contributed by atoms with van der Waals surface area (Å²) in [4.78, 5) is 27.0.